The number of carbonyl (C=O) groups excluding carboxylic acids is 3. The zero-order chi connectivity index (χ0) is 23.3. The first kappa shape index (κ1) is 22.5. The molecular formula is C21H21N3O8. The number of ether oxygens (including phenoxy) is 3. The molecule has 0 radical (unpaired) electrons. The highest BCUT2D eigenvalue weighted by Gasteiger charge is 2.36. The van der Waals surface area contributed by atoms with Gasteiger partial charge < -0.3 is 24.4 Å². The van der Waals surface area contributed by atoms with Gasteiger partial charge in [0.2, 0.25) is 5.91 Å². The molecule has 11 heteroatoms. The molecule has 0 spiro atoms. The highest BCUT2D eigenvalue weighted by molar-refractivity contribution is 6.00. The number of nitro groups is 1. The van der Waals surface area contributed by atoms with E-state index in [0.717, 1.165) is 0 Å². The van der Waals surface area contributed by atoms with Gasteiger partial charge in [-0.3, -0.25) is 24.5 Å². The van der Waals surface area contributed by atoms with E-state index in [9.17, 15) is 24.5 Å². The number of methoxy groups -OCH3 is 2. The number of esters is 1. The summed E-state index contributed by atoms with van der Waals surface area (Å²) in [6, 6.07) is 10.4. The zero-order valence-corrected chi connectivity index (χ0v) is 17.4. The Labute approximate surface area is 183 Å². The summed E-state index contributed by atoms with van der Waals surface area (Å²) in [6.07, 6.45) is -0.118. The molecule has 168 valence electrons. The number of hydrogen-bond acceptors (Lipinski definition) is 8. The van der Waals surface area contributed by atoms with Gasteiger partial charge in [0.25, 0.3) is 11.6 Å². The Morgan fingerprint density at radius 2 is 1.97 bits per heavy atom. The van der Waals surface area contributed by atoms with Crippen LogP contribution in [0.25, 0.3) is 0 Å². The summed E-state index contributed by atoms with van der Waals surface area (Å²) in [5.41, 5.74) is 0.508. The number of nitrogens with zero attached hydrogens (tertiary/aromatic N) is 2. The normalized spacial score (nSPS) is 15.2. The summed E-state index contributed by atoms with van der Waals surface area (Å²) >= 11 is 0. The molecule has 0 aromatic heterocycles. The van der Waals surface area contributed by atoms with Gasteiger partial charge in [-0.05, 0) is 18.2 Å². The van der Waals surface area contributed by atoms with Gasteiger partial charge >= 0.3 is 5.97 Å². The van der Waals surface area contributed by atoms with Crippen molar-refractivity contribution >= 4 is 34.8 Å². The summed E-state index contributed by atoms with van der Waals surface area (Å²) in [6.45, 7) is -0.551. The fourth-order valence-electron chi connectivity index (χ4n) is 3.24. The molecule has 1 fully saturated rings. The molecule has 11 nitrogen and oxygen atoms in total. The maximum absolute atomic E-state index is 12.4. The van der Waals surface area contributed by atoms with Crippen LogP contribution in [0.3, 0.4) is 0 Å². The summed E-state index contributed by atoms with van der Waals surface area (Å²) in [5, 5.41) is 13.5. The van der Waals surface area contributed by atoms with Crippen molar-refractivity contribution in [1.82, 2.24) is 0 Å². The van der Waals surface area contributed by atoms with Gasteiger partial charge in [-0.25, -0.2) is 0 Å². The largest absolute Gasteiger partial charge is 0.497 e. The highest BCUT2D eigenvalue weighted by Crippen LogP contribution is 2.30. The Hall–Kier alpha value is -4.15. The van der Waals surface area contributed by atoms with Gasteiger partial charge in [0.15, 0.2) is 6.61 Å². The van der Waals surface area contributed by atoms with Crippen molar-refractivity contribution in [2.75, 3.05) is 37.6 Å². The number of nitro benzene ring substituents is 1. The quantitative estimate of drug-likeness (QED) is 0.372. The number of non-ortho nitro benzene ring substituents is 1. The molecule has 2 amide bonds. The average molecular weight is 443 g/mol. The van der Waals surface area contributed by atoms with Crippen LogP contribution in [0.15, 0.2) is 42.5 Å². The fourth-order valence-corrected chi connectivity index (χ4v) is 3.24. The third-order valence-corrected chi connectivity index (χ3v) is 4.84. The molecule has 1 N–H and O–H groups in total. The fraction of sp³-hybridized carbons (Fsp3) is 0.286. The third-order valence-electron chi connectivity index (χ3n) is 4.84. The molecule has 3 rings (SSSR count). The van der Waals surface area contributed by atoms with Gasteiger partial charge in [0.1, 0.15) is 11.5 Å². The lowest BCUT2D eigenvalue weighted by Gasteiger charge is -2.16. The van der Waals surface area contributed by atoms with Crippen molar-refractivity contribution in [1.29, 1.82) is 0 Å². The lowest BCUT2D eigenvalue weighted by molar-refractivity contribution is -0.384. The van der Waals surface area contributed by atoms with E-state index < -0.39 is 29.3 Å². The van der Waals surface area contributed by atoms with Crippen LogP contribution in [0, 0.1) is 16.0 Å². The summed E-state index contributed by atoms with van der Waals surface area (Å²) in [5.74, 6) is -1.55. The Morgan fingerprint density at radius 3 is 2.66 bits per heavy atom. The van der Waals surface area contributed by atoms with Crippen LogP contribution in [0.4, 0.5) is 17.1 Å². The predicted octanol–water partition coefficient (Wildman–Crippen LogP) is 2.15. The summed E-state index contributed by atoms with van der Waals surface area (Å²) in [4.78, 5) is 48.6. The molecule has 0 saturated carbocycles. The number of hydrogen-bond donors (Lipinski definition) is 1. The minimum Gasteiger partial charge on any atom is -0.497 e. The van der Waals surface area contributed by atoms with E-state index in [2.05, 4.69) is 5.32 Å². The van der Waals surface area contributed by atoms with Crippen LogP contribution < -0.4 is 19.7 Å². The standard InChI is InChI=1S/C21H21N3O8/c1-30-16-6-7-18(31-2)17(10-16)22-19(25)12-32-21(27)13-8-20(26)23(11-13)14-4-3-5-15(9-14)24(28)29/h3-7,9-10,13H,8,11-12H2,1-2H3,(H,22,25)/t13-/m1/s1. The van der Waals surface area contributed by atoms with Crippen LogP contribution in [0.2, 0.25) is 0 Å². The second-order valence-corrected chi connectivity index (χ2v) is 6.90. The summed E-state index contributed by atoms with van der Waals surface area (Å²) < 4.78 is 15.4. The molecule has 2 aromatic rings. The van der Waals surface area contributed by atoms with E-state index in [1.807, 2.05) is 0 Å². The number of benzene rings is 2. The molecule has 32 heavy (non-hydrogen) atoms. The Balaban J connectivity index is 1.58. The maximum atomic E-state index is 12.4. The molecule has 1 heterocycles. The molecule has 0 unspecified atom stereocenters. The first-order valence-electron chi connectivity index (χ1n) is 9.55. The number of amides is 2. The average Bonchev–Trinajstić information content (AvgIpc) is 3.19. The van der Waals surface area contributed by atoms with Crippen molar-refractivity contribution in [3.05, 3.63) is 52.6 Å². The van der Waals surface area contributed by atoms with Crippen LogP contribution in [-0.4, -0.2) is 50.1 Å². The van der Waals surface area contributed by atoms with Gasteiger partial charge in [0, 0.05) is 31.2 Å². The van der Waals surface area contributed by atoms with Gasteiger partial charge in [-0.15, -0.1) is 0 Å². The Morgan fingerprint density at radius 1 is 1.19 bits per heavy atom. The molecule has 1 aliphatic heterocycles. The van der Waals surface area contributed by atoms with Crippen LogP contribution in [0.1, 0.15) is 6.42 Å². The van der Waals surface area contributed by atoms with E-state index in [0.29, 0.717) is 22.9 Å². The Bertz CT molecular complexity index is 1060. The van der Waals surface area contributed by atoms with Crippen molar-refractivity contribution in [3.8, 4) is 11.5 Å². The summed E-state index contributed by atoms with van der Waals surface area (Å²) in [7, 11) is 2.93. The SMILES string of the molecule is COc1ccc(OC)c(NC(=O)COC(=O)[C@@H]2CC(=O)N(c3cccc([N+](=O)[O-])c3)C2)c1. The molecule has 2 aromatic carbocycles. The molecule has 1 saturated heterocycles. The van der Waals surface area contributed by atoms with Crippen molar-refractivity contribution in [3.63, 3.8) is 0 Å². The minimum atomic E-state index is -0.791. The molecule has 1 aliphatic rings. The van der Waals surface area contributed by atoms with Gasteiger partial charge in [-0.1, -0.05) is 6.07 Å². The van der Waals surface area contributed by atoms with Crippen molar-refractivity contribution < 1.29 is 33.5 Å². The second-order valence-electron chi connectivity index (χ2n) is 6.90. The monoisotopic (exact) mass is 443 g/mol. The van der Waals surface area contributed by atoms with E-state index >= 15 is 0 Å². The number of carbonyl (C=O) groups is 3. The molecule has 0 bridgehead atoms. The van der Waals surface area contributed by atoms with Crippen LogP contribution >= 0.6 is 0 Å². The van der Waals surface area contributed by atoms with E-state index in [4.69, 9.17) is 14.2 Å². The number of rotatable bonds is 8. The lowest BCUT2D eigenvalue weighted by Crippen LogP contribution is -2.28. The lowest BCUT2D eigenvalue weighted by atomic mass is 10.1. The minimum absolute atomic E-state index is 0.00413. The number of nitrogens with one attached hydrogen (secondary N) is 1. The first-order chi connectivity index (χ1) is 15.3. The topological polar surface area (TPSA) is 137 Å². The van der Waals surface area contributed by atoms with E-state index in [-0.39, 0.29) is 24.6 Å². The maximum Gasteiger partial charge on any atom is 0.311 e. The van der Waals surface area contributed by atoms with Crippen LogP contribution in [0.5, 0.6) is 11.5 Å². The smallest absolute Gasteiger partial charge is 0.311 e. The molecule has 0 aliphatic carbocycles. The predicted molar refractivity (Wildman–Crippen MR) is 113 cm³/mol. The van der Waals surface area contributed by atoms with Crippen molar-refractivity contribution in [2.24, 2.45) is 5.92 Å². The zero-order valence-electron chi connectivity index (χ0n) is 17.4. The van der Waals surface area contributed by atoms with E-state index in [1.54, 1.807) is 24.3 Å². The second kappa shape index (κ2) is 9.77. The highest BCUT2D eigenvalue weighted by atomic mass is 16.6. The Kier molecular flexibility index (Phi) is 6.88. The first-order valence-corrected chi connectivity index (χ1v) is 9.55. The van der Waals surface area contributed by atoms with Gasteiger partial charge in [-0.2, -0.15) is 0 Å². The third kappa shape index (κ3) is 5.12. The molecule has 1 atom stereocenters. The van der Waals surface area contributed by atoms with Gasteiger partial charge in [0.05, 0.1) is 36.4 Å². The molecular weight excluding hydrogens is 422 g/mol. The van der Waals surface area contributed by atoms with Crippen LogP contribution in [-0.2, 0) is 19.1 Å². The number of anilines is 2. The van der Waals surface area contributed by atoms with E-state index in [1.165, 1.54) is 37.3 Å². The van der Waals surface area contributed by atoms with Crippen molar-refractivity contribution in [2.45, 2.75) is 6.42 Å².